The minimum absolute atomic E-state index is 0.178. The SMILES string of the molecule is CCc1nc(CNCCS(C)(=O)=O)cs1. The fraction of sp³-hybridized carbons (Fsp3) is 0.667. The second-order valence-electron chi connectivity index (χ2n) is 3.39. The Hall–Kier alpha value is -0.460. The van der Waals surface area contributed by atoms with E-state index in [0.717, 1.165) is 17.1 Å². The summed E-state index contributed by atoms with van der Waals surface area (Å²) in [4.78, 5) is 4.37. The minimum Gasteiger partial charge on any atom is -0.310 e. The first-order valence-electron chi connectivity index (χ1n) is 4.83. The molecule has 86 valence electrons. The summed E-state index contributed by atoms with van der Waals surface area (Å²) in [6, 6.07) is 0. The highest BCUT2D eigenvalue weighted by Crippen LogP contribution is 2.09. The summed E-state index contributed by atoms with van der Waals surface area (Å²) in [6.07, 6.45) is 2.20. The molecule has 0 aromatic carbocycles. The molecule has 0 atom stereocenters. The van der Waals surface area contributed by atoms with E-state index in [-0.39, 0.29) is 5.75 Å². The van der Waals surface area contributed by atoms with Crippen molar-refractivity contribution in [2.45, 2.75) is 19.9 Å². The van der Waals surface area contributed by atoms with E-state index in [1.165, 1.54) is 6.26 Å². The van der Waals surface area contributed by atoms with Gasteiger partial charge in [-0.3, -0.25) is 0 Å². The summed E-state index contributed by atoms with van der Waals surface area (Å²) in [7, 11) is -2.86. The van der Waals surface area contributed by atoms with Crippen molar-refractivity contribution >= 4 is 21.2 Å². The summed E-state index contributed by atoms with van der Waals surface area (Å²) >= 11 is 1.64. The quantitative estimate of drug-likeness (QED) is 0.758. The Morgan fingerprint density at radius 3 is 2.80 bits per heavy atom. The molecule has 1 aromatic heterocycles. The van der Waals surface area contributed by atoms with Crippen molar-refractivity contribution in [2.24, 2.45) is 0 Å². The maximum absolute atomic E-state index is 10.8. The number of nitrogens with one attached hydrogen (secondary N) is 1. The fourth-order valence-corrected chi connectivity index (χ4v) is 2.33. The number of aromatic nitrogens is 1. The number of nitrogens with zero attached hydrogens (tertiary/aromatic N) is 1. The van der Waals surface area contributed by atoms with Gasteiger partial charge in [0.1, 0.15) is 9.84 Å². The molecule has 0 aliphatic rings. The van der Waals surface area contributed by atoms with Crippen LogP contribution in [0.4, 0.5) is 0 Å². The van der Waals surface area contributed by atoms with Crippen LogP contribution in [0.5, 0.6) is 0 Å². The average molecular weight is 248 g/mol. The summed E-state index contributed by atoms with van der Waals surface area (Å²) in [5, 5.41) is 6.19. The molecule has 0 spiro atoms. The van der Waals surface area contributed by atoms with Gasteiger partial charge in [-0.2, -0.15) is 0 Å². The Balaban J connectivity index is 2.26. The van der Waals surface area contributed by atoms with Crippen LogP contribution in [0.15, 0.2) is 5.38 Å². The lowest BCUT2D eigenvalue weighted by Gasteiger charge is -2.00. The molecule has 1 N–H and O–H groups in total. The third kappa shape index (κ3) is 5.25. The number of rotatable bonds is 6. The molecule has 1 heterocycles. The Morgan fingerprint density at radius 2 is 2.27 bits per heavy atom. The molecule has 6 heteroatoms. The zero-order chi connectivity index (χ0) is 11.3. The van der Waals surface area contributed by atoms with Crippen molar-refractivity contribution in [1.29, 1.82) is 0 Å². The van der Waals surface area contributed by atoms with Crippen LogP contribution in [0.3, 0.4) is 0 Å². The molecule has 0 aliphatic heterocycles. The van der Waals surface area contributed by atoms with Crippen molar-refractivity contribution in [2.75, 3.05) is 18.6 Å². The van der Waals surface area contributed by atoms with Crippen molar-refractivity contribution in [3.05, 3.63) is 16.1 Å². The van der Waals surface area contributed by atoms with Gasteiger partial charge in [0.2, 0.25) is 0 Å². The Labute approximate surface area is 94.7 Å². The molecule has 0 bridgehead atoms. The van der Waals surface area contributed by atoms with Gasteiger partial charge in [-0.15, -0.1) is 11.3 Å². The molecule has 0 fully saturated rings. The second kappa shape index (κ2) is 5.58. The highest BCUT2D eigenvalue weighted by atomic mass is 32.2. The molecule has 4 nitrogen and oxygen atoms in total. The van der Waals surface area contributed by atoms with Gasteiger partial charge < -0.3 is 5.32 Å². The third-order valence-electron chi connectivity index (χ3n) is 1.86. The molecule has 0 saturated carbocycles. The van der Waals surface area contributed by atoms with E-state index in [1.807, 2.05) is 5.38 Å². The molecular weight excluding hydrogens is 232 g/mol. The molecule has 1 rings (SSSR count). The fourth-order valence-electron chi connectivity index (χ4n) is 1.07. The average Bonchev–Trinajstić information content (AvgIpc) is 2.59. The van der Waals surface area contributed by atoms with Gasteiger partial charge in [-0.1, -0.05) is 6.92 Å². The first-order chi connectivity index (χ1) is 7.01. The lowest BCUT2D eigenvalue weighted by molar-refractivity contribution is 0.596. The van der Waals surface area contributed by atoms with Gasteiger partial charge in [0.25, 0.3) is 0 Å². The Bertz CT molecular complexity index is 398. The molecule has 0 unspecified atom stereocenters. The van der Waals surface area contributed by atoms with Crippen molar-refractivity contribution < 1.29 is 8.42 Å². The van der Waals surface area contributed by atoms with Crippen LogP contribution >= 0.6 is 11.3 Å². The monoisotopic (exact) mass is 248 g/mol. The number of hydrogen-bond donors (Lipinski definition) is 1. The van der Waals surface area contributed by atoms with Crippen LogP contribution in [0, 0.1) is 0 Å². The number of sulfone groups is 1. The van der Waals surface area contributed by atoms with Crippen LogP contribution in [-0.4, -0.2) is 32.0 Å². The van der Waals surface area contributed by atoms with Gasteiger partial charge in [0.15, 0.2) is 0 Å². The van der Waals surface area contributed by atoms with Crippen molar-refractivity contribution in [3.8, 4) is 0 Å². The lowest BCUT2D eigenvalue weighted by Crippen LogP contribution is -2.22. The largest absolute Gasteiger partial charge is 0.310 e. The van der Waals surface area contributed by atoms with Gasteiger partial charge in [0.05, 0.1) is 16.5 Å². The second-order valence-corrected chi connectivity index (χ2v) is 6.60. The van der Waals surface area contributed by atoms with E-state index >= 15 is 0 Å². The van der Waals surface area contributed by atoms with E-state index in [1.54, 1.807) is 11.3 Å². The van der Waals surface area contributed by atoms with Gasteiger partial charge in [-0.25, -0.2) is 13.4 Å². The van der Waals surface area contributed by atoms with E-state index in [4.69, 9.17) is 0 Å². The maximum atomic E-state index is 10.8. The van der Waals surface area contributed by atoms with Crippen LogP contribution in [0.2, 0.25) is 0 Å². The van der Waals surface area contributed by atoms with Gasteiger partial charge in [0, 0.05) is 24.7 Å². The van der Waals surface area contributed by atoms with E-state index < -0.39 is 9.84 Å². The number of hydrogen-bond acceptors (Lipinski definition) is 5. The summed E-state index contributed by atoms with van der Waals surface area (Å²) in [5.74, 6) is 0.178. The first-order valence-corrected chi connectivity index (χ1v) is 7.77. The maximum Gasteiger partial charge on any atom is 0.148 e. The molecule has 1 aromatic rings. The third-order valence-corrected chi connectivity index (χ3v) is 3.85. The van der Waals surface area contributed by atoms with Crippen LogP contribution in [0.1, 0.15) is 17.6 Å². The molecule has 15 heavy (non-hydrogen) atoms. The number of thiazole rings is 1. The number of aryl methyl sites for hydroxylation is 1. The standard InChI is InChI=1S/C9H16N2O2S2/c1-3-9-11-8(7-14-9)6-10-4-5-15(2,12)13/h7,10H,3-6H2,1-2H3. The Kier molecular flexibility index (Phi) is 4.69. The van der Waals surface area contributed by atoms with Crippen LogP contribution in [-0.2, 0) is 22.8 Å². The minimum atomic E-state index is -2.86. The predicted octanol–water partition coefficient (Wildman–Crippen LogP) is 0.840. The van der Waals surface area contributed by atoms with Crippen LogP contribution in [0.25, 0.3) is 0 Å². The lowest BCUT2D eigenvalue weighted by atomic mass is 10.4. The molecule has 0 aliphatic carbocycles. The molecule has 0 radical (unpaired) electrons. The van der Waals surface area contributed by atoms with E-state index in [9.17, 15) is 8.42 Å². The highest BCUT2D eigenvalue weighted by Gasteiger charge is 2.02. The Morgan fingerprint density at radius 1 is 1.53 bits per heavy atom. The van der Waals surface area contributed by atoms with Crippen LogP contribution < -0.4 is 5.32 Å². The van der Waals surface area contributed by atoms with Gasteiger partial charge >= 0.3 is 0 Å². The summed E-state index contributed by atoms with van der Waals surface area (Å²) < 4.78 is 21.7. The zero-order valence-corrected chi connectivity index (χ0v) is 10.6. The predicted molar refractivity (Wildman–Crippen MR) is 62.9 cm³/mol. The van der Waals surface area contributed by atoms with E-state index in [0.29, 0.717) is 13.1 Å². The molecule has 0 saturated heterocycles. The van der Waals surface area contributed by atoms with Crippen molar-refractivity contribution in [3.63, 3.8) is 0 Å². The summed E-state index contributed by atoms with van der Waals surface area (Å²) in [5.41, 5.74) is 0.991. The molecular formula is C9H16N2O2S2. The van der Waals surface area contributed by atoms with Crippen molar-refractivity contribution in [1.82, 2.24) is 10.3 Å². The normalized spacial score (nSPS) is 11.9. The smallest absolute Gasteiger partial charge is 0.148 e. The highest BCUT2D eigenvalue weighted by molar-refractivity contribution is 7.90. The summed E-state index contributed by atoms with van der Waals surface area (Å²) in [6.45, 7) is 3.20. The first kappa shape index (κ1) is 12.6. The molecule has 0 amide bonds. The zero-order valence-electron chi connectivity index (χ0n) is 8.99. The van der Waals surface area contributed by atoms with Gasteiger partial charge in [-0.05, 0) is 6.42 Å². The topological polar surface area (TPSA) is 59.1 Å². The van der Waals surface area contributed by atoms with E-state index in [2.05, 4.69) is 17.2 Å².